The molecule has 0 aliphatic carbocycles. The molecule has 1 aliphatic rings. The zero-order valence-electron chi connectivity index (χ0n) is 13.7. The van der Waals surface area contributed by atoms with Gasteiger partial charge >= 0.3 is 0 Å². The average molecular weight is 384 g/mol. The van der Waals surface area contributed by atoms with Crippen molar-refractivity contribution in [3.05, 3.63) is 40.7 Å². The van der Waals surface area contributed by atoms with Gasteiger partial charge in [-0.3, -0.25) is 4.79 Å². The molecule has 0 bridgehead atoms. The highest BCUT2D eigenvalue weighted by Gasteiger charge is 2.26. The van der Waals surface area contributed by atoms with E-state index in [0.29, 0.717) is 18.8 Å². The van der Waals surface area contributed by atoms with Gasteiger partial charge in [0.2, 0.25) is 10.0 Å². The summed E-state index contributed by atoms with van der Waals surface area (Å²) in [5, 5.41) is 6.45. The minimum Gasteiger partial charge on any atom is -0.361 e. The number of aryl methyl sites for hydroxylation is 1. The molecule has 2 aromatic rings. The van der Waals surface area contributed by atoms with Crippen LogP contribution < -0.4 is 5.32 Å². The molecule has 3 rings (SSSR count). The Kier molecular flexibility index (Phi) is 5.12. The van der Waals surface area contributed by atoms with Crippen LogP contribution in [0.15, 0.2) is 33.7 Å². The van der Waals surface area contributed by atoms with Gasteiger partial charge < -0.3 is 9.84 Å². The van der Waals surface area contributed by atoms with Crippen molar-refractivity contribution in [3.63, 3.8) is 0 Å². The highest BCUT2D eigenvalue weighted by molar-refractivity contribution is 7.89. The SMILES string of the molecule is Cc1cc(C(=O)Nc2cc(S(=O)(=O)N3CCCCC3)ccc2Cl)no1. The van der Waals surface area contributed by atoms with Crippen LogP contribution in [0.1, 0.15) is 35.5 Å². The molecular weight excluding hydrogens is 366 g/mol. The smallest absolute Gasteiger partial charge is 0.277 e. The van der Waals surface area contributed by atoms with E-state index in [1.165, 1.54) is 28.6 Å². The Morgan fingerprint density at radius 2 is 1.96 bits per heavy atom. The van der Waals surface area contributed by atoms with Crippen LogP contribution in [0.25, 0.3) is 0 Å². The van der Waals surface area contributed by atoms with Crippen molar-refractivity contribution >= 4 is 33.2 Å². The van der Waals surface area contributed by atoms with Gasteiger partial charge in [0, 0.05) is 19.2 Å². The van der Waals surface area contributed by atoms with E-state index in [2.05, 4.69) is 10.5 Å². The van der Waals surface area contributed by atoms with Crippen molar-refractivity contribution in [1.29, 1.82) is 0 Å². The summed E-state index contributed by atoms with van der Waals surface area (Å²) in [6, 6.07) is 5.76. The van der Waals surface area contributed by atoms with E-state index >= 15 is 0 Å². The minimum atomic E-state index is -3.61. The molecule has 0 spiro atoms. The normalized spacial score (nSPS) is 15.9. The van der Waals surface area contributed by atoms with Crippen molar-refractivity contribution in [2.24, 2.45) is 0 Å². The van der Waals surface area contributed by atoms with E-state index in [1.54, 1.807) is 6.92 Å². The molecule has 0 saturated carbocycles. The molecule has 0 atom stereocenters. The van der Waals surface area contributed by atoms with E-state index < -0.39 is 15.9 Å². The lowest BCUT2D eigenvalue weighted by atomic mass is 10.2. The van der Waals surface area contributed by atoms with E-state index in [4.69, 9.17) is 16.1 Å². The van der Waals surface area contributed by atoms with Gasteiger partial charge in [0.15, 0.2) is 5.69 Å². The number of nitrogens with zero attached hydrogens (tertiary/aromatic N) is 2. The Morgan fingerprint density at radius 1 is 1.24 bits per heavy atom. The van der Waals surface area contributed by atoms with Gasteiger partial charge in [-0.25, -0.2) is 8.42 Å². The topological polar surface area (TPSA) is 92.5 Å². The fraction of sp³-hybridized carbons (Fsp3) is 0.375. The van der Waals surface area contributed by atoms with Crippen molar-refractivity contribution < 1.29 is 17.7 Å². The quantitative estimate of drug-likeness (QED) is 0.875. The number of benzene rings is 1. The van der Waals surface area contributed by atoms with Gasteiger partial charge in [-0.2, -0.15) is 4.31 Å². The molecule has 0 radical (unpaired) electrons. The van der Waals surface area contributed by atoms with Crippen LogP contribution in [-0.2, 0) is 10.0 Å². The number of hydrogen-bond acceptors (Lipinski definition) is 5. The van der Waals surface area contributed by atoms with Crippen molar-refractivity contribution in [3.8, 4) is 0 Å². The van der Waals surface area contributed by atoms with E-state index in [9.17, 15) is 13.2 Å². The van der Waals surface area contributed by atoms with Gasteiger partial charge in [-0.05, 0) is 38.0 Å². The number of aromatic nitrogens is 1. The Balaban J connectivity index is 1.86. The van der Waals surface area contributed by atoms with Crippen molar-refractivity contribution in [2.75, 3.05) is 18.4 Å². The van der Waals surface area contributed by atoms with E-state index in [1.807, 2.05) is 0 Å². The van der Waals surface area contributed by atoms with Gasteiger partial charge in [-0.1, -0.05) is 23.2 Å². The summed E-state index contributed by atoms with van der Waals surface area (Å²) in [7, 11) is -3.61. The number of hydrogen-bond donors (Lipinski definition) is 1. The largest absolute Gasteiger partial charge is 0.361 e. The first kappa shape index (κ1) is 17.9. The lowest BCUT2D eigenvalue weighted by Crippen LogP contribution is -2.35. The molecule has 1 aliphatic heterocycles. The summed E-state index contributed by atoms with van der Waals surface area (Å²) in [5.74, 6) is -0.0241. The molecule has 1 N–H and O–H groups in total. The van der Waals surface area contributed by atoms with Crippen LogP contribution in [0.2, 0.25) is 5.02 Å². The number of carbonyl (C=O) groups is 1. The molecule has 1 saturated heterocycles. The van der Waals surface area contributed by atoms with Crippen molar-refractivity contribution in [1.82, 2.24) is 9.46 Å². The molecule has 1 amide bonds. The molecule has 134 valence electrons. The Bertz CT molecular complexity index is 889. The van der Waals surface area contributed by atoms with E-state index in [0.717, 1.165) is 19.3 Å². The summed E-state index contributed by atoms with van der Waals surface area (Å²) >= 11 is 6.10. The second kappa shape index (κ2) is 7.15. The van der Waals surface area contributed by atoms with E-state index in [-0.39, 0.29) is 21.3 Å². The summed E-state index contributed by atoms with van der Waals surface area (Å²) in [4.78, 5) is 12.3. The third-order valence-corrected chi connectivity index (χ3v) is 6.22. The summed E-state index contributed by atoms with van der Waals surface area (Å²) < 4.78 is 31.8. The number of rotatable bonds is 4. The van der Waals surface area contributed by atoms with Crippen LogP contribution in [0.4, 0.5) is 5.69 Å². The first-order valence-electron chi connectivity index (χ1n) is 7.92. The molecule has 0 unspecified atom stereocenters. The minimum absolute atomic E-state index is 0.0952. The Hall–Kier alpha value is -1.90. The standard InChI is InChI=1S/C16H18ClN3O4S/c1-11-9-15(19-24-11)16(21)18-14-10-12(5-6-13(14)17)25(22,23)20-7-3-2-4-8-20/h5-6,9-10H,2-4,7-8H2,1H3,(H,18,21). The molecule has 7 nitrogen and oxygen atoms in total. The van der Waals surface area contributed by atoms with Gasteiger partial charge in [0.05, 0.1) is 15.6 Å². The van der Waals surface area contributed by atoms with Crippen LogP contribution in [0.5, 0.6) is 0 Å². The molecule has 1 aromatic heterocycles. The van der Waals surface area contributed by atoms with Crippen LogP contribution in [-0.4, -0.2) is 36.9 Å². The second-order valence-corrected chi connectivity index (χ2v) is 8.23. The van der Waals surface area contributed by atoms with Crippen molar-refractivity contribution in [2.45, 2.75) is 31.1 Å². The first-order chi connectivity index (χ1) is 11.9. The maximum absolute atomic E-state index is 12.8. The number of piperidine rings is 1. The van der Waals surface area contributed by atoms with Crippen LogP contribution in [0.3, 0.4) is 0 Å². The third-order valence-electron chi connectivity index (χ3n) is 4.00. The van der Waals surface area contributed by atoms with Gasteiger partial charge in [-0.15, -0.1) is 0 Å². The zero-order valence-corrected chi connectivity index (χ0v) is 15.2. The highest BCUT2D eigenvalue weighted by Crippen LogP contribution is 2.28. The van der Waals surface area contributed by atoms with Gasteiger partial charge in [0.1, 0.15) is 5.76 Å². The fourth-order valence-corrected chi connectivity index (χ4v) is 4.38. The molecule has 1 fully saturated rings. The first-order valence-corrected chi connectivity index (χ1v) is 9.74. The number of carbonyl (C=O) groups excluding carboxylic acids is 1. The number of nitrogens with one attached hydrogen (secondary N) is 1. The number of halogens is 1. The Labute approximate surface area is 151 Å². The molecule has 25 heavy (non-hydrogen) atoms. The summed E-state index contributed by atoms with van der Waals surface area (Å²) in [6.07, 6.45) is 2.73. The lowest BCUT2D eigenvalue weighted by molar-refractivity contribution is 0.101. The summed E-state index contributed by atoms with van der Waals surface area (Å²) in [6.45, 7) is 2.68. The van der Waals surface area contributed by atoms with Crippen LogP contribution >= 0.6 is 11.6 Å². The van der Waals surface area contributed by atoms with Gasteiger partial charge in [0.25, 0.3) is 5.91 Å². The second-order valence-electron chi connectivity index (χ2n) is 5.88. The maximum Gasteiger partial charge on any atom is 0.277 e. The maximum atomic E-state index is 12.8. The number of anilines is 1. The summed E-state index contributed by atoms with van der Waals surface area (Å²) in [5.41, 5.74) is 0.309. The zero-order chi connectivity index (χ0) is 18.0. The molecule has 1 aromatic carbocycles. The fourth-order valence-electron chi connectivity index (χ4n) is 2.67. The molecule has 2 heterocycles. The predicted molar refractivity (Wildman–Crippen MR) is 93.3 cm³/mol. The monoisotopic (exact) mass is 383 g/mol. The highest BCUT2D eigenvalue weighted by atomic mass is 35.5. The number of sulfonamides is 1. The van der Waals surface area contributed by atoms with Crippen LogP contribution in [0, 0.1) is 6.92 Å². The molecular formula is C16H18ClN3O4S. The predicted octanol–water partition coefficient (Wildman–Crippen LogP) is 3.06. The number of amides is 1. The average Bonchev–Trinajstić information content (AvgIpc) is 3.04. The third kappa shape index (κ3) is 3.86. The lowest BCUT2D eigenvalue weighted by Gasteiger charge is -2.26. The Morgan fingerprint density at radius 3 is 2.60 bits per heavy atom. The molecule has 9 heteroatoms.